The summed E-state index contributed by atoms with van der Waals surface area (Å²) in [5.74, 6) is 5.45. The Morgan fingerprint density at radius 1 is 1.62 bits per heavy atom. The van der Waals surface area contributed by atoms with Gasteiger partial charge in [-0.15, -0.1) is 0 Å². The molecule has 0 aliphatic heterocycles. The van der Waals surface area contributed by atoms with Crippen LogP contribution in [0.25, 0.3) is 0 Å². The Hall–Kier alpha value is -1.18. The van der Waals surface area contributed by atoms with E-state index in [1.165, 1.54) is 0 Å². The number of nitriles is 1. The van der Waals surface area contributed by atoms with Crippen LogP contribution in [0.2, 0.25) is 0 Å². The maximum absolute atomic E-state index is 8.68. The minimum atomic E-state index is -0.170. The molecule has 0 aromatic heterocycles. The lowest BCUT2D eigenvalue weighted by molar-refractivity contribution is 0.810. The maximum Gasteiger partial charge on any atom is 0.0776 e. The van der Waals surface area contributed by atoms with Crippen LogP contribution >= 0.6 is 11.6 Å². The molecule has 0 aliphatic rings. The zero-order valence-electron chi connectivity index (χ0n) is 7.89. The van der Waals surface area contributed by atoms with Crippen LogP contribution in [-0.2, 0) is 0 Å². The van der Waals surface area contributed by atoms with E-state index in [4.69, 9.17) is 16.9 Å². The van der Waals surface area contributed by atoms with Crippen LogP contribution in [0, 0.1) is 29.1 Å². The summed E-state index contributed by atoms with van der Waals surface area (Å²) in [5.41, 5.74) is 0.850. The third-order valence-corrected chi connectivity index (χ3v) is 1.54. The Labute approximate surface area is 84.7 Å². The minimum Gasteiger partial charge on any atom is -0.198 e. The number of halogens is 1. The highest BCUT2D eigenvalue weighted by atomic mass is 35.5. The maximum atomic E-state index is 8.68. The molecule has 0 saturated carbocycles. The fourth-order valence-electron chi connectivity index (χ4n) is 0.642. The van der Waals surface area contributed by atoms with Crippen molar-refractivity contribution in [3.8, 4) is 17.9 Å². The summed E-state index contributed by atoms with van der Waals surface area (Å²) in [6, 6.07) is 2.13. The Balaban J connectivity index is 4.13. The molecule has 0 N–H and O–H groups in total. The van der Waals surface area contributed by atoms with E-state index in [0.717, 1.165) is 5.57 Å². The molecule has 1 atom stereocenters. The van der Waals surface area contributed by atoms with E-state index in [0.29, 0.717) is 11.5 Å². The van der Waals surface area contributed by atoms with Crippen LogP contribution in [0.4, 0.5) is 0 Å². The van der Waals surface area contributed by atoms with Gasteiger partial charge in [-0.05, 0) is 13.8 Å². The predicted octanol–water partition coefficient (Wildman–Crippen LogP) is 3.24. The molecule has 1 nitrogen and oxygen atoms in total. The zero-order chi connectivity index (χ0) is 10.3. The van der Waals surface area contributed by atoms with E-state index in [2.05, 4.69) is 24.5 Å². The number of allylic oxidation sites excluding steroid dienone is 3. The number of hydrogen-bond acceptors (Lipinski definition) is 1. The van der Waals surface area contributed by atoms with E-state index in [1.54, 1.807) is 13.0 Å². The molecule has 0 heterocycles. The van der Waals surface area contributed by atoms with Gasteiger partial charge in [-0.1, -0.05) is 35.6 Å². The predicted molar refractivity (Wildman–Crippen MR) is 55.9 cm³/mol. The highest BCUT2D eigenvalue weighted by molar-refractivity contribution is 6.29. The lowest BCUT2D eigenvalue weighted by atomic mass is 10.0. The van der Waals surface area contributed by atoms with Crippen LogP contribution in [0.3, 0.4) is 0 Å². The molecule has 0 rings (SSSR count). The smallest absolute Gasteiger partial charge is 0.0776 e. The van der Waals surface area contributed by atoms with Crippen molar-refractivity contribution in [2.24, 2.45) is 5.92 Å². The molecule has 0 radical (unpaired) electrons. The molecule has 68 valence electrons. The summed E-state index contributed by atoms with van der Waals surface area (Å²) >= 11 is 5.57. The van der Waals surface area contributed by atoms with Gasteiger partial charge in [0.2, 0.25) is 0 Å². The molecular formula is C11H12ClN. The number of rotatable bonds is 2. The van der Waals surface area contributed by atoms with Gasteiger partial charge in [0.1, 0.15) is 0 Å². The van der Waals surface area contributed by atoms with E-state index < -0.39 is 0 Å². The van der Waals surface area contributed by atoms with Crippen molar-refractivity contribution < 1.29 is 0 Å². The van der Waals surface area contributed by atoms with Gasteiger partial charge in [-0.2, -0.15) is 5.26 Å². The van der Waals surface area contributed by atoms with Gasteiger partial charge in [0.25, 0.3) is 0 Å². The summed E-state index contributed by atoms with van der Waals surface area (Å²) in [5, 5.41) is 9.33. The van der Waals surface area contributed by atoms with Gasteiger partial charge < -0.3 is 0 Å². The molecule has 0 fully saturated rings. The van der Waals surface area contributed by atoms with Crippen molar-refractivity contribution in [1.82, 2.24) is 0 Å². The van der Waals surface area contributed by atoms with Gasteiger partial charge in [0, 0.05) is 17.5 Å². The summed E-state index contributed by atoms with van der Waals surface area (Å²) in [6.45, 7) is 7.30. The highest BCUT2D eigenvalue weighted by Crippen LogP contribution is 2.10. The lowest BCUT2D eigenvalue weighted by Crippen LogP contribution is -1.95. The number of hydrogen-bond donors (Lipinski definition) is 0. The van der Waals surface area contributed by atoms with E-state index in [-0.39, 0.29) is 5.92 Å². The molecule has 0 bridgehead atoms. The molecular weight excluding hydrogens is 182 g/mol. The first-order valence-electron chi connectivity index (χ1n) is 3.93. The summed E-state index contributed by atoms with van der Waals surface area (Å²) in [6.07, 6.45) is 2.14. The van der Waals surface area contributed by atoms with Crippen LogP contribution in [0.5, 0.6) is 0 Å². The van der Waals surface area contributed by atoms with Crippen LogP contribution < -0.4 is 0 Å². The van der Waals surface area contributed by atoms with Gasteiger partial charge in [0.15, 0.2) is 0 Å². The molecule has 0 saturated heterocycles. The molecule has 0 aliphatic carbocycles. The van der Waals surface area contributed by atoms with Crippen molar-refractivity contribution in [1.29, 1.82) is 5.26 Å². The molecule has 0 spiro atoms. The molecule has 1 unspecified atom stereocenters. The second kappa shape index (κ2) is 6.35. The fraction of sp³-hybridized carbons (Fsp3) is 0.364. The number of nitrogens with zero attached hydrogens (tertiary/aromatic N) is 1. The Morgan fingerprint density at radius 2 is 2.23 bits per heavy atom. The van der Waals surface area contributed by atoms with Crippen LogP contribution in [0.1, 0.15) is 20.3 Å². The molecule has 0 aromatic rings. The lowest BCUT2D eigenvalue weighted by Gasteiger charge is -2.00. The Bertz CT molecular complexity index is 305. The van der Waals surface area contributed by atoms with Crippen LogP contribution in [0.15, 0.2) is 23.3 Å². The van der Waals surface area contributed by atoms with Gasteiger partial charge in [0.05, 0.1) is 12.0 Å². The molecule has 0 aromatic carbocycles. The van der Waals surface area contributed by atoms with Crippen molar-refractivity contribution in [3.05, 3.63) is 23.3 Å². The monoisotopic (exact) mass is 193 g/mol. The second-order valence-corrected chi connectivity index (χ2v) is 3.38. The zero-order valence-corrected chi connectivity index (χ0v) is 8.65. The van der Waals surface area contributed by atoms with Gasteiger partial charge >= 0.3 is 0 Å². The first kappa shape index (κ1) is 11.8. The Morgan fingerprint density at radius 3 is 2.62 bits per heavy atom. The normalized spacial score (nSPS) is 12.3. The summed E-state index contributed by atoms with van der Waals surface area (Å²) < 4.78 is 0. The van der Waals surface area contributed by atoms with Crippen molar-refractivity contribution in [2.45, 2.75) is 20.3 Å². The topological polar surface area (TPSA) is 23.8 Å². The summed E-state index contributed by atoms with van der Waals surface area (Å²) in [4.78, 5) is 0. The van der Waals surface area contributed by atoms with Gasteiger partial charge in [-0.3, -0.25) is 0 Å². The molecule has 0 amide bonds. The minimum absolute atomic E-state index is 0.170. The third kappa shape index (κ3) is 6.02. The summed E-state index contributed by atoms with van der Waals surface area (Å²) in [7, 11) is 0. The molecule has 2 heteroatoms. The first-order valence-corrected chi connectivity index (χ1v) is 4.31. The Kier molecular flexibility index (Phi) is 5.77. The standard InChI is InChI=1S/C11H12ClN/c1-9(2)11(8-13)7-5-4-6-10(3)12/h6,11H,1,7H2,2-3H3/b10-6+. The average molecular weight is 194 g/mol. The average Bonchev–Trinajstić information content (AvgIpc) is 2.03. The fourth-order valence-corrected chi connectivity index (χ4v) is 0.696. The quantitative estimate of drug-likeness (QED) is 0.488. The third-order valence-electron chi connectivity index (χ3n) is 1.43. The SMILES string of the molecule is C=C(C)C(C#N)CC#C/C=C(\C)Cl. The second-order valence-electron chi connectivity index (χ2n) is 2.78. The van der Waals surface area contributed by atoms with E-state index >= 15 is 0 Å². The van der Waals surface area contributed by atoms with Crippen molar-refractivity contribution in [3.63, 3.8) is 0 Å². The van der Waals surface area contributed by atoms with Crippen molar-refractivity contribution >= 4 is 11.6 Å². The highest BCUT2D eigenvalue weighted by Gasteiger charge is 2.04. The first-order chi connectivity index (χ1) is 6.07. The molecule has 13 heavy (non-hydrogen) atoms. The van der Waals surface area contributed by atoms with Gasteiger partial charge in [-0.25, -0.2) is 0 Å². The van der Waals surface area contributed by atoms with Crippen LogP contribution in [-0.4, -0.2) is 0 Å². The van der Waals surface area contributed by atoms with E-state index in [1.807, 2.05) is 6.92 Å². The van der Waals surface area contributed by atoms with E-state index in [9.17, 15) is 0 Å². The van der Waals surface area contributed by atoms with Crippen molar-refractivity contribution in [2.75, 3.05) is 0 Å². The largest absolute Gasteiger partial charge is 0.198 e.